The second-order valence-electron chi connectivity index (χ2n) is 7.46. The summed E-state index contributed by atoms with van der Waals surface area (Å²) >= 11 is 12.6. The zero-order valence-electron chi connectivity index (χ0n) is 15.4. The van der Waals surface area contributed by atoms with Gasteiger partial charge in [0, 0.05) is 32.2 Å². The number of hydrogen-bond donors (Lipinski definition) is 1. The molecule has 1 atom stereocenters. The fourth-order valence-corrected chi connectivity index (χ4v) is 4.75. The Bertz CT molecular complexity index is 853. The van der Waals surface area contributed by atoms with E-state index in [0.29, 0.717) is 22.2 Å². The molecule has 150 valence electrons. The van der Waals surface area contributed by atoms with Crippen molar-refractivity contribution in [1.82, 2.24) is 10.2 Å². The molecule has 0 aromatic heterocycles. The lowest BCUT2D eigenvalue weighted by Crippen LogP contribution is -2.55. The van der Waals surface area contributed by atoms with Crippen LogP contribution < -0.4 is 5.32 Å². The van der Waals surface area contributed by atoms with E-state index in [2.05, 4.69) is 10.2 Å². The molecule has 4 rings (SSSR count). The van der Waals surface area contributed by atoms with Gasteiger partial charge < -0.3 is 10.1 Å². The number of fused-ring (bicyclic) bond motifs is 1. The summed E-state index contributed by atoms with van der Waals surface area (Å²) < 4.78 is 33.0. The number of benzene rings is 2. The third-order valence-electron chi connectivity index (χ3n) is 5.71. The number of piperazine rings is 1. The van der Waals surface area contributed by atoms with Gasteiger partial charge in [0.05, 0.1) is 28.8 Å². The van der Waals surface area contributed by atoms with E-state index in [1.165, 1.54) is 17.7 Å². The van der Waals surface area contributed by atoms with Crippen molar-refractivity contribution in [3.63, 3.8) is 0 Å². The third-order valence-corrected chi connectivity index (χ3v) is 6.43. The summed E-state index contributed by atoms with van der Waals surface area (Å²) in [6.45, 7) is 4.20. The molecule has 3 nitrogen and oxygen atoms in total. The number of nitrogens with zero attached hydrogens (tertiary/aromatic N) is 1. The summed E-state index contributed by atoms with van der Waals surface area (Å²) in [5.74, 6) is -1.19. The molecule has 7 heteroatoms. The quantitative estimate of drug-likeness (QED) is 0.759. The van der Waals surface area contributed by atoms with E-state index in [0.717, 1.165) is 50.7 Å². The normalized spacial score (nSPS) is 22.4. The first-order valence-electron chi connectivity index (χ1n) is 9.45. The van der Waals surface area contributed by atoms with Gasteiger partial charge in [0.15, 0.2) is 0 Å². The Balaban J connectivity index is 1.60. The van der Waals surface area contributed by atoms with Gasteiger partial charge in [-0.3, -0.25) is 4.90 Å². The number of halogens is 4. The molecule has 0 saturated carbocycles. The number of hydrogen-bond acceptors (Lipinski definition) is 3. The summed E-state index contributed by atoms with van der Waals surface area (Å²) in [7, 11) is 0. The predicted octanol–water partition coefficient (Wildman–Crippen LogP) is 4.54. The van der Waals surface area contributed by atoms with Gasteiger partial charge in [0.1, 0.15) is 11.6 Å². The molecular formula is C21H22Cl2F2N2O. The maximum atomic E-state index is 13.5. The van der Waals surface area contributed by atoms with Gasteiger partial charge in [-0.1, -0.05) is 23.2 Å². The first kappa shape index (κ1) is 20.0. The highest BCUT2D eigenvalue weighted by atomic mass is 35.5. The topological polar surface area (TPSA) is 24.5 Å². The highest BCUT2D eigenvalue weighted by molar-refractivity contribution is 6.42. The number of rotatable bonds is 5. The number of nitrogens with one attached hydrogen (secondary N) is 1. The summed E-state index contributed by atoms with van der Waals surface area (Å²) in [6.07, 6.45) is 1.80. The van der Waals surface area contributed by atoms with Crippen LogP contribution in [0.4, 0.5) is 8.78 Å². The van der Waals surface area contributed by atoms with Gasteiger partial charge in [0.2, 0.25) is 0 Å². The monoisotopic (exact) mass is 426 g/mol. The van der Waals surface area contributed by atoms with Crippen molar-refractivity contribution in [2.24, 2.45) is 0 Å². The van der Waals surface area contributed by atoms with E-state index < -0.39 is 11.6 Å². The van der Waals surface area contributed by atoms with Crippen molar-refractivity contribution >= 4 is 23.2 Å². The van der Waals surface area contributed by atoms with Crippen LogP contribution in [-0.4, -0.2) is 37.7 Å². The summed E-state index contributed by atoms with van der Waals surface area (Å²) in [4.78, 5) is 2.44. The largest absolute Gasteiger partial charge is 0.374 e. The predicted molar refractivity (Wildman–Crippen MR) is 107 cm³/mol. The van der Waals surface area contributed by atoms with Crippen LogP contribution in [0.5, 0.6) is 0 Å². The van der Waals surface area contributed by atoms with E-state index >= 15 is 0 Å². The lowest BCUT2D eigenvalue weighted by Gasteiger charge is -2.44. The number of aryl methyl sites for hydroxylation is 1. The molecule has 2 aromatic carbocycles. The number of ether oxygens (including phenoxy) is 1. The molecule has 1 aliphatic heterocycles. The molecule has 1 saturated heterocycles. The van der Waals surface area contributed by atoms with Gasteiger partial charge in [-0.05, 0) is 53.8 Å². The van der Waals surface area contributed by atoms with Crippen LogP contribution in [-0.2, 0) is 23.3 Å². The van der Waals surface area contributed by atoms with Crippen LogP contribution in [0.25, 0.3) is 0 Å². The fraction of sp³-hybridized carbons (Fsp3) is 0.429. The first-order valence-corrected chi connectivity index (χ1v) is 10.2. The Morgan fingerprint density at radius 1 is 1.00 bits per heavy atom. The van der Waals surface area contributed by atoms with Gasteiger partial charge in [-0.2, -0.15) is 0 Å². The maximum Gasteiger partial charge on any atom is 0.126 e. The van der Waals surface area contributed by atoms with Crippen molar-refractivity contribution in [2.75, 3.05) is 32.8 Å². The summed E-state index contributed by atoms with van der Waals surface area (Å²) in [5, 5.41) is 4.48. The van der Waals surface area contributed by atoms with E-state index in [1.54, 1.807) is 0 Å². The SMILES string of the molecule is Fc1cc(F)cc(COCC2(N3CCNCC3)CCc3cc(Cl)c(Cl)cc32)c1. The molecule has 28 heavy (non-hydrogen) atoms. The van der Waals surface area contributed by atoms with Gasteiger partial charge in [0.25, 0.3) is 0 Å². The average Bonchev–Trinajstić information content (AvgIpc) is 3.01. The van der Waals surface area contributed by atoms with Crippen LogP contribution in [0, 0.1) is 11.6 Å². The highest BCUT2D eigenvalue weighted by Gasteiger charge is 2.44. The molecule has 0 amide bonds. The van der Waals surface area contributed by atoms with Crippen molar-refractivity contribution in [3.8, 4) is 0 Å². The van der Waals surface area contributed by atoms with E-state index in [9.17, 15) is 8.78 Å². The molecule has 1 fully saturated rings. The first-order chi connectivity index (χ1) is 13.5. The maximum absolute atomic E-state index is 13.5. The molecule has 1 N–H and O–H groups in total. The zero-order chi connectivity index (χ0) is 19.7. The molecule has 0 radical (unpaired) electrons. The average molecular weight is 427 g/mol. The molecule has 1 aliphatic carbocycles. The minimum absolute atomic E-state index is 0.152. The summed E-state index contributed by atoms with van der Waals surface area (Å²) in [6, 6.07) is 7.38. The van der Waals surface area contributed by atoms with Crippen molar-refractivity contribution in [3.05, 3.63) is 68.7 Å². The molecular weight excluding hydrogens is 405 g/mol. The minimum Gasteiger partial charge on any atom is -0.374 e. The second-order valence-corrected chi connectivity index (χ2v) is 8.28. The van der Waals surface area contributed by atoms with Crippen LogP contribution >= 0.6 is 23.2 Å². The second kappa shape index (κ2) is 8.25. The Hall–Kier alpha value is -1.24. The zero-order valence-corrected chi connectivity index (χ0v) is 16.9. The van der Waals surface area contributed by atoms with Crippen LogP contribution in [0.2, 0.25) is 10.0 Å². The van der Waals surface area contributed by atoms with E-state index in [1.807, 2.05) is 12.1 Å². The Morgan fingerprint density at radius 3 is 2.39 bits per heavy atom. The fourth-order valence-electron chi connectivity index (χ4n) is 4.40. The third kappa shape index (κ3) is 3.91. The Morgan fingerprint density at radius 2 is 1.68 bits per heavy atom. The molecule has 0 spiro atoms. The van der Waals surface area contributed by atoms with E-state index in [4.69, 9.17) is 27.9 Å². The van der Waals surface area contributed by atoms with Crippen LogP contribution in [0.15, 0.2) is 30.3 Å². The van der Waals surface area contributed by atoms with Gasteiger partial charge >= 0.3 is 0 Å². The molecule has 1 unspecified atom stereocenters. The standard InChI is InChI=1S/C21H22Cl2F2N2O/c22-19-9-15-1-2-21(18(15)11-20(19)23,27-5-3-26-4-6-27)13-28-12-14-7-16(24)10-17(25)8-14/h7-11,26H,1-6,12-13H2. The van der Waals surface area contributed by atoms with Gasteiger partial charge in [-0.15, -0.1) is 0 Å². The van der Waals surface area contributed by atoms with E-state index in [-0.39, 0.29) is 12.1 Å². The molecule has 0 bridgehead atoms. The lowest BCUT2D eigenvalue weighted by molar-refractivity contribution is -0.0241. The molecule has 1 heterocycles. The smallest absolute Gasteiger partial charge is 0.126 e. The van der Waals surface area contributed by atoms with Gasteiger partial charge in [-0.25, -0.2) is 8.78 Å². The Labute approximate surface area is 173 Å². The lowest BCUT2D eigenvalue weighted by atomic mass is 9.89. The molecule has 2 aromatic rings. The summed E-state index contributed by atoms with van der Waals surface area (Å²) in [5.41, 5.74) is 2.51. The highest BCUT2D eigenvalue weighted by Crippen LogP contribution is 2.45. The minimum atomic E-state index is -0.594. The van der Waals surface area contributed by atoms with Crippen LogP contribution in [0.1, 0.15) is 23.1 Å². The molecule has 2 aliphatic rings. The van der Waals surface area contributed by atoms with Crippen molar-refractivity contribution < 1.29 is 13.5 Å². The van der Waals surface area contributed by atoms with Crippen molar-refractivity contribution in [2.45, 2.75) is 25.0 Å². The Kier molecular flexibility index (Phi) is 5.91. The van der Waals surface area contributed by atoms with Crippen molar-refractivity contribution in [1.29, 1.82) is 0 Å². The van der Waals surface area contributed by atoms with Crippen LogP contribution in [0.3, 0.4) is 0 Å².